The Balaban J connectivity index is 0.00000176. The number of aromatic nitrogens is 1. The SMILES string of the molecule is CN1CCC(C(=O)Nc2ccc(N3CCNCC3)cn2)C1.Cl. The molecule has 2 saturated heterocycles. The number of nitrogens with one attached hydrogen (secondary N) is 2. The van der Waals surface area contributed by atoms with Gasteiger partial charge in [0.25, 0.3) is 0 Å². The van der Waals surface area contributed by atoms with Crippen molar-refractivity contribution in [2.75, 3.05) is 56.5 Å². The van der Waals surface area contributed by atoms with Gasteiger partial charge in [-0.25, -0.2) is 4.98 Å². The Kier molecular flexibility index (Phi) is 5.99. The number of rotatable bonds is 3. The van der Waals surface area contributed by atoms with E-state index in [1.165, 1.54) is 0 Å². The van der Waals surface area contributed by atoms with Crippen LogP contribution in [-0.4, -0.2) is 62.1 Å². The molecule has 0 spiro atoms. The van der Waals surface area contributed by atoms with Gasteiger partial charge in [0.2, 0.25) is 5.91 Å². The third-order valence-electron chi connectivity index (χ3n) is 4.24. The fourth-order valence-corrected chi connectivity index (χ4v) is 2.95. The van der Waals surface area contributed by atoms with Gasteiger partial charge in [-0.3, -0.25) is 4.79 Å². The van der Waals surface area contributed by atoms with E-state index in [2.05, 4.69) is 25.4 Å². The molecule has 0 radical (unpaired) electrons. The Morgan fingerprint density at radius 2 is 2.09 bits per heavy atom. The molecule has 1 unspecified atom stereocenters. The molecule has 3 rings (SSSR count). The van der Waals surface area contributed by atoms with Gasteiger partial charge in [0, 0.05) is 32.7 Å². The summed E-state index contributed by atoms with van der Waals surface area (Å²) in [5, 5.41) is 6.26. The second kappa shape index (κ2) is 7.76. The number of carbonyl (C=O) groups excluding carboxylic acids is 1. The van der Waals surface area contributed by atoms with Gasteiger partial charge in [-0.1, -0.05) is 0 Å². The molecular formula is C15H24ClN5O. The van der Waals surface area contributed by atoms with E-state index in [1.807, 2.05) is 25.4 Å². The number of hydrogen-bond donors (Lipinski definition) is 2. The fourth-order valence-electron chi connectivity index (χ4n) is 2.95. The van der Waals surface area contributed by atoms with Gasteiger partial charge in [-0.15, -0.1) is 12.4 Å². The molecule has 1 atom stereocenters. The molecule has 0 aromatic carbocycles. The highest BCUT2D eigenvalue weighted by Gasteiger charge is 2.26. The van der Waals surface area contributed by atoms with Gasteiger partial charge in [-0.2, -0.15) is 0 Å². The van der Waals surface area contributed by atoms with Gasteiger partial charge in [-0.05, 0) is 32.1 Å². The van der Waals surface area contributed by atoms with Crippen molar-refractivity contribution in [3.63, 3.8) is 0 Å². The molecule has 0 saturated carbocycles. The summed E-state index contributed by atoms with van der Waals surface area (Å²) in [6, 6.07) is 3.93. The first kappa shape index (κ1) is 17.0. The number of halogens is 1. The summed E-state index contributed by atoms with van der Waals surface area (Å²) in [7, 11) is 2.05. The Hall–Kier alpha value is -1.37. The van der Waals surface area contributed by atoms with Crippen molar-refractivity contribution in [2.24, 2.45) is 5.92 Å². The summed E-state index contributed by atoms with van der Waals surface area (Å²) >= 11 is 0. The van der Waals surface area contributed by atoms with Crippen LogP contribution >= 0.6 is 12.4 Å². The molecule has 122 valence electrons. The van der Waals surface area contributed by atoms with Crippen LogP contribution in [0.2, 0.25) is 0 Å². The molecule has 1 aromatic heterocycles. The van der Waals surface area contributed by atoms with E-state index in [-0.39, 0.29) is 24.2 Å². The number of piperazine rings is 1. The second-order valence-electron chi connectivity index (χ2n) is 5.88. The Labute approximate surface area is 137 Å². The molecule has 2 aliphatic heterocycles. The molecule has 22 heavy (non-hydrogen) atoms. The summed E-state index contributed by atoms with van der Waals surface area (Å²) in [5.74, 6) is 0.819. The number of amides is 1. The standard InChI is InChI=1S/C15H23N5O.ClH/c1-19-7-4-12(11-19)15(21)18-14-3-2-13(10-17-14)20-8-5-16-6-9-20;/h2-3,10,12,16H,4-9,11H2,1H3,(H,17,18,21);1H. The third kappa shape index (κ3) is 4.09. The molecule has 7 heteroatoms. The zero-order valence-corrected chi connectivity index (χ0v) is 13.7. The maximum absolute atomic E-state index is 12.2. The lowest BCUT2D eigenvalue weighted by atomic mass is 10.1. The van der Waals surface area contributed by atoms with Crippen molar-refractivity contribution in [3.05, 3.63) is 18.3 Å². The maximum atomic E-state index is 12.2. The predicted molar refractivity (Wildman–Crippen MR) is 90.8 cm³/mol. The number of likely N-dealkylation sites (tertiary alicyclic amines) is 1. The molecule has 1 aromatic rings. The third-order valence-corrected chi connectivity index (χ3v) is 4.24. The van der Waals surface area contributed by atoms with E-state index in [1.54, 1.807) is 0 Å². The fraction of sp³-hybridized carbons (Fsp3) is 0.600. The van der Waals surface area contributed by atoms with Crippen molar-refractivity contribution in [3.8, 4) is 0 Å². The summed E-state index contributed by atoms with van der Waals surface area (Å²) in [6.45, 7) is 5.85. The van der Waals surface area contributed by atoms with E-state index < -0.39 is 0 Å². The number of carbonyl (C=O) groups is 1. The predicted octanol–water partition coefficient (Wildman–Crippen LogP) is 0.803. The van der Waals surface area contributed by atoms with Gasteiger partial charge >= 0.3 is 0 Å². The molecule has 3 heterocycles. The molecule has 6 nitrogen and oxygen atoms in total. The van der Waals surface area contributed by atoms with Crippen LogP contribution in [0.15, 0.2) is 18.3 Å². The van der Waals surface area contributed by atoms with Crippen LogP contribution in [-0.2, 0) is 4.79 Å². The summed E-state index contributed by atoms with van der Waals surface area (Å²) in [4.78, 5) is 21.0. The van der Waals surface area contributed by atoms with Crippen LogP contribution in [0.4, 0.5) is 11.5 Å². The van der Waals surface area contributed by atoms with Crippen LogP contribution in [0, 0.1) is 5.92 Å². The first-order chi connectivity index (χ1) is 10.2. The van der Waals surface area contributed by atoms with Crippen molar-refractivity contribution in [1.29, 1.82) is 0 Å². The smallest absolute Gasteiger partial charge is 0.229 e. The zero-order valence-electron chi connectivity index (χ0n) is 12.9. The Bertz CT molecular complexity index is 489. The number of pyridine rings is 1. The van der Waals surface area contributed by atoms with E-state index >= 15 is 0 Å². The van der Waals surface area contributed by atoms with E-state index in [0.717, 1.165) is 51.4 Å². The molecule has 2 N–H and O–H groups in total. The van der Waals surface area contributed by atoms with Crippen molar-refractivity contribution in [1.82, 2.24) is 15.2 Å². The van der Waals surface area contributed by atoms with Gasteiger partial charge in [0.1, 0.15) is 5.82 Å². The molecule has 0 aliphatic carbocycles. The Morgan fingerprint density at radius 1 is 1.32 bits per heavy atom. The maximum Gasteiger partial charge on any atom is 0.229 e. The number of hydrogen-bond acceptors (Lipinski definition) is 5. The van der Waals surface area contributed by atoms with Crippen molar-refractivity contribution < 1.29 is 4.79 Å². The minimum atomic E-state index is 0. The highest BCUT2D eigenvalue weighted by molar-refractivity contribution is 5.92. The highest BCUT2D eigenvalue weighted by Crippen LogP contribution is 2.18. The lowest BCUT2D eigenvalue weighted by Gasteiger charge is -2.29. The van der Waals surface area contributed by atoms with Crippen LogP contribution in [0.25, 0.3) is 0 Å². The zero-order chi connectivity index (χ0) is 14.7. The summed E-state index contributed by atoms with van der Waals surface area (Å²) < 4.78 is 0. The minimum absolute atomic E-state index is 0. The van der Waals surface area contributed by atoms with E-state index in [0.29, 0.717) is 5.82 Å². The lowest BCUT2D eigenvalue weighted by Crippen LogP contribution is -2.43. The largest absolute Gasteiger partial charge is 0.368 e. The normalized spacial score (nSPS) is 22.2. The van der Waals surface area contributed by atoms with Crippen molar-refractivity contribution >= 4 is 29.8 Å². The van der Waals surface area contributed by atoms with Crippen LogP contribution in [0.5, 0.6) is 0 Å². The molecule has 2 aliphatic rings. The van der Waals surface area contributed by atoms with Crippen molar-refractivity contribution in [2.45, 2.75) is 6.42 Å². The monoisotopic (exact) mass is 325 g/mol. The van der Waals surface area contributed by atoms with E-state index in [4.69, 9.17) is 0 Å². The average Bonchev–Trinajstić information content (AvgIpc) is 2.96. The van der Waals surface area contributed by atoms with Gasteiger partial charge < -0.3 is 20.4 Å². The molecule has 2 fully saturated rings. The summed E-state index contributed by atoms with van der Waals surface area (Å²) in [5.41, 5.74) is 1.12. The first-order valence-electron chi connectivity index (χ1n) is 7.63. The molecular weight excluding hydrogens is 302 g/mol. The number of anilines is 2. The quantitative estimate of drug-likeness (QED) is 0.861. The molecule has 1 amide bonds. The molecule has 0 bridgehead atoms. The average molecular weight is 326 g/mol. The van der Waals surface area contributed by atoms with Gasteiger partial charge in [0.05, 0.1) is 17.8 Å². The second-order valence-corrected chi connectivity index (χ2v) is 5.88. The first-order valence-corrected chi connectivity index (χ1v) is 7.63. The topological polar surface area (TPSA) is 60.5 Å². The summed E-state index contributed by atoms with van der Waals surface area (Å²) in [6.07, 6.45) is 2.78. The highest BCUT2D eigenvalue weighted by atomic mass is 35.5. The van der Waals surface area contributed by atoms with Gasteiger partial charge in [0.15, 0.2) is 0 Å². The minimum Gasteiger partial charge on any atom is -0.368 e. The lowest BCUT2D eigenvalue weighted by molar-refractivity contribution is -0.119. The van der Waals surface area contributed by atoms with Crippen LogP contribution < -0.4 is 15.5 Å². The van der Waals surface area contributed by atoms with E-state index in [9.17, 15) is 4.79 Å². The van der Waals surface area contributed by atoms with Crippen LogP contribution in [0.3, 0.4) is 0 Å². The number of nitrogens with zero attached hydrogens (tertiary/aromatic N) is 3. The Morgan fingerprint density at radius 3 is 2.68 bits per heavy atom. The van der Waals surface area contributed by atoms with Crippen LogP contribution in [0.1, 0.15) is 6.42 Å².